The van der Waals surface area contributed by atoms with Crippen molar-refractivity contribution in [2.75, 3.05) is 5.32 Å². The molecule has 0 bridgehead atoms. The summed E-state index contributed by atoms with van der Waals surface area (Å²) in [5.41, 5.74) is 5.17. The van der Waals surface area contributed by atoms with Gasteiger partial charge in [-0.1, -0.05) is 84.0 Å². The third-order valence-electron chi connectivity index (χ3n) is 4.89. The van der Waals surface area contributed by atoms with E-state index < -0.39 is 0 Å². The maximum Gasteiger partial charge on any atom is 0.266 e. The number of rotatable bonds is 6. The fourth-order valence-electron chi connectivity index (χ4n) is 3.17. The molecule has 3 nitrogen and oxygen atoms in total. The maximum atomic E-state index is 12.9. The van der Waals surface area contributed by atoms with Crippen LogP contribution >= 0.6 is 0 Å². The zero-order valence-electron chi connectivity index (χ0n) is 17.7. The predicted octanol–water partition coefficient (Wildman–Crippen LogP) is 6.60. The summed E-state index contributed by atoms with van der Waals surface area (Å²) in [7, 11) is 0. The minimum Gasteiger partial charge on any atom is -0.321 e. The Morgan fingerprint density at radius 1 is 0.893 bits per heavy atom. The van der Waals surface area contributed by atoms with E-state index in [-0.39, 0.29) is 23.3 Å². The normalized spacial score (nSPS) is 11.8. The Balaban J connectivity index is 2.36. The summed E-state index contributed by atoms with van der Waals surface area (Å²) < 4.78 is 0. The molecule has 3 heteroatoms. The second-order valence-electron chi connectivity index (χ2n) is 8.07. The number of nitrogens with one attached hydrogen (secondary N) is 1. The van der Waals surface area contributed by atoms with E-state index in [1.807, 2.05) is 42.5 Å². The molecular weight excluding hydrogens is 344 g/mol. The molecular formula is C25H30N2O. The first-order valence-electron chi connectivity index (χ1n) is 9.90. The van der Waals surface area contributed by atoms with Gasteiger partial charge in [-0.2, -0.15) is 5.26 Å². The van der Waals surface area contributed by atoms with Crippen molar-refractivity contribution >= 4 is 17.7 Å². The van der Waals surface area contributed by atoms with E-state index in [4.69, 9.17) is 0 Å². The van der Waals surface area contributed by atoms with Crippen LogP contribution in [0.4, 0.5) is 5.69 Å². The highest BCUT2D eigenvalue weighted by Gasteiger charge is 2.18. The molecule has 0 aliphatic carbocycles. The summed E-state index contributed by atoms with van der Waals surface area (Å²) >= 11 is 0. The van der Waals surface area contributed by atoms with Gasteiger partial charge in [-0.3, -0.25) is 4.79 Å². The van der Waals surface area contributed by atoms with Crippen LogP contribution in [0.1, 0.15) is 81.5 Å². The van der Waals surface area contributed by atoms with Crippen molar-refractivity contribution in [3.8, 4) is 6.07 Å². The average molecular weight is 375 g/mol. The number of nitrogens with zero attached hydrogens (tertiary/aromatic N) is 1. The first kappa shape index (κ1) is 21.4. The summed E-state index contributed by atoms with van der Waals surface area (Å²) in [4.78, 5) is 12.9. The van der Waals surface area contributed by atoms with Gasteiger partial charge in [-0.05, 0) is 46.1 Å². The first-order valence-corrected chi connectivity index (χ1v) is 9.90. The van der Waals surface area contributed by atoms with Crippen molar-refractivity contribution in [3.63, 3.8) is 0 Å². The minimum atomic E-state index is -0.370. The van der Waals surface area contributed by atoms with Crippen LogP contribution in [0.15, 0.2) is 48.0 Å². The highest BCUT2D eigenvalue weighted by atomic mass is 16.1. The Bertz CT molecular complexity index is 871. The van der Waals surface area contributed by atoms with Gasteiger partial charge in [0.1, 0.15) is 11.6 Å². The number of benzene rings is 2. The van der Waals surface area contributed by atoms with Crippen LogP contribution in [0.3, 0.4) is 0 Å². The van der Waals surface area contributed by atoms with Crippen molar-refractivity contribution in [1.29, 1.82) is 5.26 Å². The number of carbonyl (C=O) groups is 1. The van der Waals surface area contributed by atoms with Crippen molar-refractivity contribution < 1.29 is 4.79 Å². The Morgan fingerprint density at radius 3 is 1.86 bits per heavy atom. The molecule has 0 aromatic heterocycles. The number of hydrogen-bond acceptors (Lipinski definition) is 2. The molecule has 2 aromatic carbocycles. The van der Waals surface area contributed by atoms with Gasteiger partial charge in [0.05, 0.1) is 0 Å². The minimum absolute atomic E-state index is 0.102. The Morgan fingerprint density at radius 2 is 1.43 bits per heavy atom. The maximum absolute atomic E-state index is 12.9. The van der Waals surface area contributed by atoms with Gasteiger partial charge >= 0.3 is 0 Å². The molecule has 2 rings (SSSR count). The third kappa shape index (κ3) is 5.10. The SMILES string of the molecule is CC(C)c1ccc(/C=C(\C#N)C(=O)Nc2c(C(C)C)cccc2C(C)C)cc1. The molecule has 1 N–H and O–H groups in total. The summed E-state index contributed by atoms with van der Waals surface area (Å²) in [5.74, 6) is 0.614. The van der Waals surface area contributed by atoms with E-state index in [0.717, 1.165) is 22.4 Å². The van der Waals surface area contributed by atoms with Gasteiger partial charge in [-0.15, -0.1) is 0 Å². The molecule has 0 aliphatic rings. The van der Waals surface area contributed by atoms with Crippen molar-refractivity contribution in [2.45, 2.75) is 59.3 Å². The molecule has 0 aliphatic heterocycles. The van der Waals surface area contributed by atoms with E-state index >= 15 is 0 Å². The lowest BCUT2D eigenvalue weighted by atomic mass is 9.92. The number of amides is 1. The summed E-state index contributed by atoms with van der Waals surface area (Å²) in [6.45, 7) is 12.7. The van der Waals surface area contributed by atoms with E-state index in [0.29, 0.717) is 5.92 Å². The number of carbonyl (C=O) groups excluding carboxylic acids is 1. The van der Waals surface area contributed by atoms with E-state index in [1.165, 1.54) is 5.56 Å². The zero-order valence-corrected chi connectivity index (χ0v) is 17.7. The summed E-state index contributed by atoms with van der Waals surface area (Å²) in [6, 6.07) is 16.1. The van der Waals surface area contributed by atoms with Crippen LogP contribution < -0.4 is 5.32 Å². The summed E-state index contributed by atoms with van der Waals surface area (Å²) in [5, 5.41) is 12.6. The number of hydrogen-bond donors (Lipinski definition) is 1. The first-order chi connectivity index (χ1) is 13.2. The largest absolute Gasteiger partial charge is 0.321 e. The molecule has 0 spiro atoms. The van der Waals surface area contributed by atoms with Crippen LogP contribution in [0.2, 0.25) is 0 Å². The molecule has 28 heavy (non-hydrogen) atoms. The Labute approximate surface area is 169 Å². The fourth-order valence-corrected chi connectivity index (χ4v) is 3.17. The summed E-state index contributed by atoms with van der Waals surface area (Å²) in [6.07, 6.45) is 1.65. The average Bonchev–Trinajstić information content (AvgIpc) is 2.66. The molecule has 0 saturated carbocycles. The molecule has 0 atom stereocenters. The van der Waals surface area contributed by atoms with Crippen LogP contribution in [-0.2, 0) is 4.79 Å². The van der Waals surface area contributed by atoms with Gasteiger partial charge in [0, 0.05) is 5.69 Å². The topological polar surface area (TPSA) is 52.9 Å². The second-order valence-corrected chi connectivity index (χ2v) is 8.07. The third-order valence-corrected chi connectivity index (χ3v) is 4.89. The highest BCUT2D eigenvalue weighted by molar-refractivity contribution is 6.10. The number of nitriles is 1. The van der Waals surface area contributed by atoms with Crippen molar-refractivity contribution in [2.24, 2.45) is 0 Å². The molecule has 0 radical (unpaired) electrons. The predicted molar refractivity (Wildman–Crippen MR) is 117 cm³/mol. The van der Waals surface area contributed by atoms with Crippen LogP contribution in [0.25, 0.3) is 6.08 Å². The van der Waals surface area contributed by atoms with Crippen molar-refractivity contribution in [3.05, 3.63) is 70.3 Å². The Kier molecular flexibility index (Phi) is 7.18. The van der Waals surface area contributed by atoms with E-state index in [2.05, 4.69) is 52.9 Å². The quantitative estimate of drug-likeness (QED) is 0.457. The second kappa shape index (κ2) is 9.37. The smallest absolute Gasteiger partial charge is 0.266 e. The van der Waals surface area contributed by atoms with E-state index in [9.17, 15) is 10.1 Å². The Hall–Kier alpha value is -2.86. The molecule has 2 aromatic rings. The molecule has 0 saturated heterocycles. The molecule has 1 amide bonds. The lowest BCUT2D eigenvalue weighted by Gasteiger charge is -2.20. The molecule has 0 unspecified atom stereocenters. The molecule has 146 valence electrons. The van der Waals surface area contributed by atoms with Crippen LogP contribution in [-0.4, -0.2) is 5.91 Å². The number of para-hydroxylation sites is 1. The van der Waals surface area contributed by atoms with Crippen LogP contribution in [0.5, 0.6) is 0 Å². The lowest BCUT2D eigenvalue weighted by molar-refractivity contribution is -0.112. The molecule has 0 heterocycles. The lowest BCUT2D eigenvalue weighted by Crippen LogP contribution is -2.17. The molecule has 0 fully saturated rings. The van der Waals surface area contributed by atoms with Gasteiger partial charge in [-0.25, -0.2) is 0 Å². The zero-order chi connectivity index (χ0) is 20.8. The van der Waals surface area contributed by atoms with Crippen molar-refractivity contribution in [1.82, 2.24) is 0 Å². The van der Waals surface area contributed by atoms with Gasteiger partial charge in [0.2, 0.25) is 0 Å². The monoisotopic (exact) mass is 374 g/mol. The van der Waals surface area contributed by atoms with Crippen LogP contribution in [0, 0.1) is 11.3 Å². The van der Waals surface area contributed by atoms with E-state index in [1.54, 1.807) is 6.08 Å². The van der Waals surface area contributed by atoms with Gasteiger partial charge in [0.15, 0.2) is 0 Å². The fraction of sp³-hybridized carbons (Fsp3) is 0.360. The number of anilines is 1. The van der Waals surface area contributed by atoms with Gasteiger partial charge in [0.25, 0.3) is 5.91 Å². The highest BCUT2D eigenvalue weighted by Crippen LogP contribution is 2.32. The van der Waals surface area contributed by atoms with Gasteiger partial charge < -0.3 is 5.32 Å². The standard InChI is InChI=1S/C25H30N2O/c1-16(2)20-12-10-19(11-13-20)14-21(15-26)25(28)27-24-22(17(3)4)8-7-9-23(24)18(5)6/h7-14,16-18H,1-6H3,(H,27,28)/b21-14+.